The molecule has 2 aromatic carbocycles. The summed E-state index contributed by atoms with van der Waals surface area (Å²) in [6, 6.07) is 12.0. The maximum atomic E-state index is 12.5. The summed E-state index contributed by atoms with van der Waals surface area (Å²) in [6.07, 6.45) is 0. The zero-order valence-electron chi connectivity index (χ0n) is 14.8. The van der Waals surface area contributed by atoms with Crippen LogP contribution in [0.3, 0.4) is 0 Å². The van der Waals surface area contributed by atoms with Crippen LogP contribution in [0, 0.1) is 0 Å². The molecule has 0 bridgehead atoms. The molecule has 0 saturated carbocycles. The molecule has 1 heterocycles. The van der Waals surface area contributed by atoms with Crippen molar-refractivity contribution in [2.45, 2.75) is 6.54 Å². The van der Waals surface area contributed by atoms with Crippen molar-refractivity contribution in [3.8, 4) is 11.5 Å². The number of aromatic nitrogens is 2. The highest BCUT2D eigenvalue weighted by atomic mass is 16.5. The second-order valence-corrected chi connectivity index (χ2v) is 5.69. The number of carbonyl (C=O) groups excluding carboxylic acids is 1. The Morgan fingerprint density at radius 2 is 1.77 bits per heavy atom. The number of methoxy groups -OCH3 is 2. The second kappa shape index (κ2) is 7.26. The zero-order valence-corrected chi connectivity index (χ0v) is 14.8. The molecule has 1 N–H and O–H groups in total. The molecule has 0 atom stereocenters. The molecule has 7 heteroatoms. The molecule has 0 fully saturated rings. The number of para-hydroxylation sites is 1. The Balaban J connectivity index is 1.85. The molecular weight excluding hydrogens is 334 g/mol. The molecule has 0 saturated heterocycles. The van der Waals surface area contributed by atoms with Crippen molar-refractivity contribution in [2.75, 3.05) is 14.2 Å². The Bertz CT molecular complexity index is 1000. The molecule has 26 heavy (non-hydrogen) atoms. The summed E-state index contributed by atoms with van der Waals surface area (Å²) in [6.45, 7) is 0.120. The van der Waals surface area contributed by atoms with Gasteiger partial charge in [0.15, 0.2) is 0 Å². The van der Waals surface area contributed by atoms with Crippen LogP contribution in [0.25, 0.3) is 10.9 Å². The first kappa shape index (κ1) is 17.5. The lowest BCUT2D eigenvalue weighted by Gasteiger charge is -2.11. The molecule has 0 radical (unpaired) electrons. The van der Waals surface area contributed by atoms with Crippen molar-refractivity contribution in [2.24, 2.45) is 7.05 Å². The minimum absolute atomic E-state index is 0.120. The lowest BCUT2D eigenvalue weighted by molar-refractivity contribution is 0.0948. The van der Waals surface area contributed by atoms with Crippen LogP contribution >= 0.6 is 0 Å². The normalized spacial score (nSPS) is 10.6. The summed E-state index contributed by atoms with van der Waals surface area (Å²) >= 11 is 0. The number of amides is 1. The van der Waals surface area contributed by atoms with Crippen LogP contribution in [0.2, 0.25) is 0 Å². The van der Waals surface area contributed by atoms with Gasteiger partial charge in [-0.15, -0.1) is 0 Å². The Morgan fingerprint density at radius 1 is 1.12 bits per heavy atom. The molecule has 3 rings (SSSR count). The van der Waals surface area contributed by atoms with Crippen LogP contribution in [0.15, 0.2) is 47.3 Å². The second-order valence-electron chi connectivity index (χ2n) is 5.69. The number of fused-ring (bicyclic) bond motifs is 1. The smallest absolute Gasteiger partial charge is 0.261 e. The van der Waals surface area contributed by atoms with Gasteiger partial charge in [-0.3, -0.25) is 14.2 Å². The predicted molar refractivity (Wildman–Crippen MR) is 97.7 cm³/mol. The first-order valence-electron chi connectivity index (χ1n) is 7.99. The number of rotatable bonds is 5. The van der Waals surface area contributed by atoms with E-state index in [1.54, 1.807) is 43.4 Å². The topological polar surface area (TPSA) is 82.5 Å². The van der Waals surface area contributed by atoms with Crippen molar-refractivity contribution in [1.29, 1.82) is 0 Å². The molecule has 0 aliphatic carbocycles. The lowest BCUT2D eigenvalue weighted by atomic mass is 10.2. The quantitative estimate of drug-likeness (QED) is 0.757. The van der Waals surface area contributed by atoms with Gasteiger partial charge in [-0.2, -0.15) is 0 Å². The molecule has 1 aromatic heterocycles. The van der Waals surface area contributed by atoms with Crippen molar-refractivity contribution >= 4 is 16.8 Å². The van der Waals surface area contributed by atoms with E-state index in [-0.39, 0.29) is 18.0 Å². The van der Waals surface area contributed by atoms with Crippen LogP contribution < -0.4 is 20.3 Å². The van der Waals surface area contributed by atoms with E-state index < -0.39 is 0 Å². The maximum Gasteiger partial charge on any atom is 0.261 e. The highest BCUT2D eigenvalue weighted by Gasteiger charge is 2.12. The van der Waals surface area contributed by atoms with Crippen LogP contribution in [0.5, 0.6) is 11.5 Å². The molecule has 134 valence electrons. The van der Waals surface area contributed by atoms with Crippen molar-refractivity contribution in [3.63, 3.8) is 0 Å². The summed E-state index contributed by atoms with van der Waals surface area (Å²) < 4.78 is 11.8. The fourth-order valence-electron chi connectivity index (χ4n) is 2.62. The summed E-state index contributed by atoms with van der Waals surface area (Å²) in [5.41, 5.74) is 0.845. The Morgan fingerprint density at radius 3 is 2.42 bits per heavy atom. The van der Waals surface area contributed by atoms with Crippen molar-refractivity contribution in [1.82, 2.24) is 14.9 Å². The molecular formula is C19H19N3O4. The highest BCUT2D eigenvalue weighted by Crippen LogP contribution is 2.22. The van der Waals surface area contributed by atoms with Crippen molar-refractivity contribution in [3.05, 3.63) is 64.2 Å². The minimum Gasteiger partial charge on any atom is -0.497 e. The third-order valence-electron chi connectivity index (χ3n) is 4.10. The standard InChI is InChI=1S/C19H19N3O4/c1-22-17(21-16-7-5-4-6-15(16)19(22)24)11-20-18(23)12-8-13(25-2)10-14(9-12)26-3/h4-10H,11H2,1-3H3,(H,20,23). The van der Waals surface area contributed by atoms with Crippen LogP contribution in [-0.4, -0.2) is 29.7 Å². The molecule has 1 amide bonds. The molecule has 0 aliphatic heterocycles. The SMILES string of the molecule is COc1cc(OC)cc(C(=O)NCc2nc3ccccc3c(=O)n2C)c1. The summed E-state index contributed by atoms with van der Waals surface area (Å²) in [7, 11) is 4.67. The predicted octanol–water partition coefficient (Wildman–Crippen LogP) is 1.88. The van der Waals surface area contributed by atoms with E-state index in [9.17, 15) is 9.59 Å². The van der Waals surface area contributed by atoms with E-state index >= 15 is 0 Å². The van der Waals surface area contributed by atoms with Gasteiger partial charge in [0.25, 0.3) is 11.5 Å². The first-order chi connectivity index (χ1) is 12.5. The minimum atomic E-state index is -0.315. The van der Waals surface area contributed by atoms with Gasteiger partial charge in [-0.25, -0.2) is 4.98 Å². The fraction of sp³-hybridized carbons (Fsp3) is 0.211. The van der Waals surface area contributed by atoms with Gasteiger partial charge in [0.1, 0.15) is 17.3 Å². The molecule has 3 aromatic rings. The van der Waals surface area contributed by atoms with Crippen LogP contribution in [0.1, 0.15) is 16.2 Å². The average molecular weight is 353 g/mol. The van der Waals surface area contributed by atoms with E-state index in [0.717, 1.165) is 0 Å². The van der Waals surface area contributed by atoms with Gasteiger partial charge in [-0.05, 0) is 24.3 Å². The number of nitrogens with one attached hydrogen (secondary N) is 1. The number of benzene rings is 2. The summed E-state index contributed by atoms with van der Waals surface area (Å²) in [4.78, 5) is 29.4. The van der Waals surface area contributed by atoms with Gasteiger partial charge >= 0.3 is 0 Å². The van der Waals surface area contributed by atoms with E-state index in [1.165, 1.54) is 18.8 Å². The van der Waals surface area contributed by atoms with E-state index in [1.807, 2.05) is 6.07 Å². The van der Waals surface area contributed by atoms with Crippen molar-refractivity contribution < 1.29 is 14.3 Å². The number of hydrogen-bond donors (Lipinski definition) is 1. The lowest BCUT2D eigenvalue weighted by Crippen LogP contribution is -2.29. The summed E-state index contributed by atoms with van der Waals surface area (Å²) in [5.74, 6) is 1.19. The molecule has 7 nitrogen and oxygen atoms in total. The third kappa shape index (κ3) is 3.37. The molecule has 0 spiro atoms. The van der Waals surface area contributed by atoms with Crippen LogP contribution in [-0.2, 0) is 13.6 Å². The van der Waals surface area contributed by atoms with Crippen LogP contribution in [0.4, 0.5) is 0 Å². The monoisotopic (exact) mass is 353 g/mol. The Hall–Kier alpha value is -3.35. The van der Waals surface area contributed by atoms with Gasteiger partial charge in [0, 0.05) is 18.7 Å². The van der Waals surface area contributed by atoms with E-state index in [0.29, 0.717) is 33.8 Å². The van der Waals surface area contributed by atoms with Gasteiger partial charge in [0.2, 0.25) is 0 Å². The zero-order chi connectivity index (χ0) is 18.7. The number of hydrogen-bond acceptors (Lipinski definition) is 5. The molecule has 0 aliphatic rings. The van der Waals surface area contributed by atoms with Gasteiger partial charge in [0.05, 0.1) is 31.7 Å². The van der Waals surface area contributed by atoms with E-state index in [2.05, 4.69) is 10.3 Å². The third-order valence-corrected chi connectivity index (χ3v) is 4.10. The highest BCUT2D eigenvalue weighted by molar-refractivity contribution is 5.95. The van der Waals surface area contributed by atoms with Gasteiger partial charge in [-0.1, -0.05) is 12.1 Å². The van der Waals surface area contributed by atoms with E-state index in [4.69, 9.17) is 9.47 Å². The number of carbonyl (C=O) groups is 1. The fourth-order valence-corrected chi connectivity index (χ4v) is 2.62. The number of nitrogens with zero attached hydrogens (tertiary/aromatic N) is 2. The average Bonchev–Trinajstić information content (AvgIpc) is 2.68. The first-order valence-corrected chi connectivity index (χ1v) is 7.99. The largest absolute Gasteiger partial charge is 0.497 e. The number of ether oxygens (including phenoxy) is 2. The maximum absolute atomic E-state index is 12.5. The Kier molecular flexibility index (Phi) is 4.88. The van der Waals surface area contributed by atoms with Gasteiger partial charge < -0.3 is 14.8 Å². The molecule has 0 unspecified atom stereocenters. The summed E-state index contributed by atoms with van der Waals surface area (Å²) in [5, 5.41) is 3.32. The Labute approximate surface area is 150 Å².